The third-order valence-electron chi connectivity index (χ3n) is 2.73. The first-order valence-electron chi connectivity index (χ1n) is 5.92. The summed E-state index contributed by atoms with van der Waals surface area (Å²) in [5.41, 5.74) is 1.53. The molecule has 1 amide bonds. The third kappa shape index (κ3) is 3.53. The van der Waals surface area contributed by atoms with Gasteiger partial charge >= 0.3 is 0 Å². The lowest BCUT2D eigenvalue weighted by atomic mass is 10.1. The number of carbonyl (C=O) groups is 1. The molecule has 0 aliphatic rings. The Morgan fingerprint density at radius 3 is 2.36 bits per heavy atom. The van der Waals surface area contributed by atoms with Gasteiger partial charge in [-0.1, -0.05) is 11.6 Å². The predicted octanol–water partition coefficient (Wildman–Crippen LogP) is 1.88. The van der Waals surface area contributed by atoms with Gasteiger partial charge in [-0.15, -0.1) is 0 Å². The zero-order valence-electron chi connectivity index (χ0n) is 11.0. The molecule has 0 spiro atoms. The Kier molecular flexibility index (Phi) is 4.65. The van der Waals surface area contributed by atoms with Crippen molar-refractivity contribution in [2.75, 3.05) is 4.72 Å². The number of hydrogen-bond acceptors (Lipinski definition) is 4. The van der Waals surface area contributed by atoms with E-state index in [0.717, 1.165) is 18.2 Å². The molecule has 0 unspecified atom stereocenters. The van der Waals surface area contributed by atoms with Crippen molar-refractivity contribution in [3.63, 3.8) is 0 Å². The van der Waals surface area contributed by atoms with Gasteiger partial charge in [-0.3, -0.25) is 14.9 Å². The third-order valence-corrected chi connectivity index (χ3v) is 4.36. The molecule has 9 heteroatoms. The second kappa shape index (κ2) is 6.30. The van der Waals surface area contributed by atoms with Gasteiger partial charge in [0.1, 0.15) is 5.82 Å². The van der Waals surface area contributed by atoms with Crippen LogP contribution in [0.1, 0.15) is 10.4 Å². The van der Waals surface area contributed by atoms with Crippen LogP contribution in [0.15, 0.2) is 47.4 Å². The van der Waals surface area contributed by atoms with Gasteiger partial charge in [0.25, 0.3) is 15.9 Å². The van der Waals surface area contributed by atoms with E-state index >= 15 is 0 Å². The second-order valence-electron chi connectivity index (χ2n) is 4.22. The van der Waals surface area contributed by atoms with Crippen LogP contribution in [0.25, 0.3) is 0 Å². The number of halogens is 2. The molecule has 2 aromatic carbocycles. The average Bonchev–Trinajstić information content (AvgIpc) is 2.46. The number of anilines is 1. The van der Waals surface area contributed by atoms with E-state index in [2.05, 4.69) is 4.72 Å². The van der Waals surface area contributed by atoms with E-state index in [0.29, 0.717) is 5.02 Å². The van der Waals surface area contributed by atoms with Crippen molar-refractivity contribution in [2.24, 2.45) is 5.84 Å². The number of nitrogen functional groups attached to an aromatic ring is 1. The van der Waals surface area contributed by atoms with Crippen LogP contribution in [0.2, 0.25) is 5.02 Å². The number of sulfonamides is 1. The first kappa shape index (κ1) is 16.2. The molecule has 0 aliphatic heterocycles. The maximum atomic E-state index is 13.3. The standard InChI is InChI=1S/C13H11ClFN3O3S/c14-8-1-4-10(5-2-8)22(20,21)18-12-7-9(15)3-6-11(12)13(19)17-16/h1-7,18H,16H2,(H,17,19). The Labute approximate surface area is 131 Å². The highest BCUT2D eigenvalue weighted by molar-refractivity contribution is 7.92. The summed E-state index contributed by atoms with van der Waals surface area (Å²) in [7, 11) is -4.01. The van der Waals surface area contributed by atoms with Crippen molar-refractivity contribution in [3.05, 3.63) is 58.9 Å². The predicted molar refractivity (Wildman–Crippen MR) is 80.3 cm³/mol. The Balaban J connectivity index is 2.43. The largest absolute Gasteiger partial charge is 0.290 e. The van der Waals surface area contributed by atoms with Crippen LogP contribution in [0.5, 0.6) is 0 Å². The smallest absolute Gasteiger partial charge is 0.267 e. The monoisotopic (exact) mass is 343 g/mol. The normalized spacial score (nSPS) is 11.0. The van der Waals surface area contributed by atoms with Gasteiger partial charge in [0, 0.05) is 5.02 Å². The average molecular weight is 344 g/mol. The fourth-order valence-electron chi connectivity index (χ4n) is 1.69. The number of hydrazine groups is 1. The second-order valence-corrected chi connectivity index (χ2v) is 6.34. The molecular weight excluding hydrogens is 333 g/mol. The van der Waals surface area contributed by atoms with Crippen LogP contribution < -0.4 is 16.0 Å². The van der Waals surface area contributed by atoms with Crippen molar-refractivity contribution in [1.82, 2.24) is 5.43 Å². The number of rotatable bonds is 4. The van der Waals surface area contributed by atoms with Crippen molar-refractivity contribution >= 4 is 33.2 Å². The van der Waals surface area contributed by atoms with Gasteiger partial charge in [-0.2, -0.15) is 0 Å². The Bertz CT molecular complexity index is 810. The molecule has 0 aliphatic carbocycles. The van der Waals surface area contributed by atoms with E-state index in [1.54, 1.807) is 0 Å². The van der Waals surface area contributed by atoms with Gasteiger partial charge in [0.05, 0.1) is 16.1 Å². The Morgan fingerprint density at radius 1 is 1.14 bits per heavy atom. The minimum Gasteiger partial charge on any atom is -0.290 e. The maximum absolute atomic E-state index is 13.3. The number of hydrogen-bond donors (Lipinski definition) is 3. The molecule has 116 valence electrons. The van der Waals surface area contributed by atoms with Crippen LogP contribution in [0.3, 0.4) is 0 Å². The molecule has 0 aromatic heterocycles. The number of nitrogens with one attached hydrogen (secondary N) is 2. The van der Waals surface area contributed by atoms with E-state index in [9.17, 15) is 17.6 Å². The van der Waals surface area contributed by atoms with E-state index in [1.165, 1.54) is 24.3 Å². The molecule has 0 bridgehead atoms. The lowest BCUT2D eigenvalue weighted by molar-refractivity contribution is 0.0954. The minimum atomic E-state index is -4.01. The summed E-state index contributed by atoms with van der Waals surface area (Å²) in [5.74, 6) is 3.56. The molecule has 0 saturated carbocycles. The maximum Gasteiger partial charge on any atom is 0.267 e. The first-order chi connectivity index (χ1) is 10.3. The topological polar surface area (TPSA) is 101 Å². The van der Waals surface area contributed by atoms with Crippen molar-refractivity contribution in [1.29, 1.82) is 0 Å². The molecule has 0 saturated heterocycles. The molecular formula is C13H11ClFN3O3S. The SMILES string of the molecule is NNC(=O)c1ccc(F)cc1NS(=O)(=O)c1ccc(Cl)cc1. The van der Waals surface area contributed by atoms with Crippen LogP contribution >= 0.6 is 11.6 Å². The highest BCUT2D eigenvalue weighted by Gasteiger charge is 2.19. The fourth-order valence-corrected chi connectivity index (χ4v) is 2.89. The molecule has 4 N–H and O–H groups in total. The Morgan fingerprint density at radius 2 is 1.77 bits per heavy atom. The fraction of sp³-hybridized carbons (Fsp3) is 0. The Hall–Kier alpha value is -2.16. The van der Waals surface area contributed by atoms with Crippen molar-refractivity contribution < 1.29 is 17.6 Å². The lowest BCUT2D eigenvalue weighted by Gasteiger charge is -2.12. The van der Waals surface area contributed by atoms with Gasteiger partial charge in [0.2, 0.25) is 0 Å². The van der Waals surface area contributed by atoms with Gasteiger partial charge in [-0.25, -0.2) is 18.7 Å². The van der Waals surface area contributed by atoms with Crippen LogP contribution in [-0.4, -0.2) is 14.3 Å². The summed E-state index contributed by atoms with van der Waals surface area (Å²) in [5, 5.41) is 0.368. The van der Waals surface area contributed by atoms with Crippen LogP contribution in [-0.2, 0) is 10.0 Å². The number of benzene rings is 2. The molecule has 0 atom stereocenters. The highest BCUT2D eigenvalue weighted by atomic mass is 35.5. The van der Waals surface area contributed by atoms with Crippen molar-refractivity contribution in [2.45, 2.75) is 4.90 Å². The molecule has 0 heterocycles. The zero-order chi connectivity index (χ0) is 16.3. The number of amides is 1. The van der Waals surface area contributed by atoms with Gasteiger partial charge in [0.15, 0.2) is 0 Å². The molecule has 2 rings (SSSR count). The highest BCUT2D eigenvalue weighted by Crippen LogP contribution is 2.22. The zero-order valence-corrected chi connectivity index (χ0v) is 12.6. The summed E-state index contributed by atoms with van der Waals surface area (Å²) in [6.45, 7) is 0. The van der Waals surface area contributed by atoms with E-state index in [1.807, 2.05) is 5.43 Å². The lowest BCUT2D eigenvalue weighted by Crippen LogP contribution is -2.31. The van der Waals surface area contributed by atoms with Crippen LogP contribution in [0.4, 0.5) is 10.1 Å². The number of nitrogens with two attached hydrogens (primary N) is 1. The summed E-state index contributed by atoms with van der Waals surface area (Å²) in [4.78, 5) is 11.5. The van der Waals surface area contributed by atoms with E-state index in [-0.39, 0.29) is 16.1 Å². The molecule has 0 fully saturated rings. The molecule has 22 heavy (non-hydrogen) atoms. The molecule has 2 aromatic rings. The molecule has 0 radical (unpaired) electrons. The van der Waals surface area contributed by atoms with Crippen molar-refractivity contribution in [3.8, 4) is 0 Å². The van der Waals surface area contributed by atoms with E-state index in [4.69, 9.17) is 17.4 Å². The summed E-state index contributed by atoms with van der Waals surface area (Å²) in [6.07, 6.45) is 0. The minimum absolute atomic E-state index is 0.0831. The van der Waals surface area contributed by atoms with Gasteiger partial charge < -0.3 is 0 Å². The summed E-state index contributed by atoms with van der Waals surface area (Å²) in [6, 6.07) is 8.39. The molecule has 6 nitrogen and oxygen atoms in total. The summed E-state index contributed by atoms with van der Waals surface area (Å²) < 4.78 is 40.0. The van der Waals surface area contributed by atoms with Gasteiger partial charge in [-0.05, 0) is 42.5 Å². The summed E-state index contributed by atoms with van der Waals surface area (Å²) >= 11 is 5.70. The number of carbonyl (C=O) groups excluding carboxylic acids is 1. The van der Waals surface area contributed by atoms with Crippen LogP contribution in [0, 0.1) is 5.82 Å². The van der Waals surface area contributed by atoms with E-state index < -0.39 is 21.7 Å². The quantitative estimate of drug-likeness (QED) is 0.448. The first-order valence-corrected chi connectivity index (χ1v) is 7.78.